The van der Waals surface area contributed by atoms with Crippen molar-refractivity contribution >= 4 is 38.8 Å². The number of para-hydroxylation sites is 1. The third kappa shape index (κ3) is 3.86. The normalized spacial score (nSPS) is 15.0. The van der Waals surface area contributed by atoms with Gasteiger partial charge in [-0.25, -0.2) is 4.98 Å². The zero-order chi connectivity index (χ0) is 20.5. The zero-order valence-corrected chi connectivity index (χ0v) is 17.9. The van der Waals surface area contributed by atoms with Gasteiger partial charge in [0.05, 0.1) is 22.6 Å². The van der Waals surface area contributed by atoms with Gasteiger partial charge in [0.1, 0.15) is 10.7 Å². The van der Waals surface area contributed by atoms with Crippen molar-refractivity contribution in [2.24, 2.45) is 0 Å². The maximum atomic E-state index is 12.6. The standard InChI is InChI=1S/C23H21ClN4OS/c24-18-8-4-5-9-19(18)28-12-10-27(11-13-28)15-21-25-22(29)17-14-20(30-23(17)26-21)16-6-2-1-3-7-16/h1-9,14H,10-13,15H2,(H,25,26,29). The molecule has 5 rings (SSSR count). The van der Waals surface area contributed by atoms with E-state index in [0.717, 1.165) is 58.0 Å². The van der Waals surface area contributed by atoms with Gasteiger partial charge in [-0.2, -0.15) is 0 Å². The van der Waals surface area contributed by atoms with Crippen molar-refractivity contribution in [2.75, 3.05) is 31.1 Å². The second kappa shape index (κ2) is 8.22. The molecule has 2 aromatic carbocycles. The predicted molar refractivity (Wildman–Crippen MR) is 125 cm³/mol. The number of anilines is 1. The monoisotopic (exact) mass is 436 g/mol. The first-order valence-corrected chi connectivity index (χ1v) is 11.2. The number of nitrogens with zero attached hydrogens (tertiary/aromatic N) is 3. The maximum absolute atomic E-state index is 12.6. The highest BCUT2D eigenvalue weighted by molar-refractivity contribution is 7.21. The maximum Gasteiger partial charge on any atom is 0.259 e. The second-order valence-electron chi connectivity index (χ2n) is 7.42. The first kappa shape index (κ1) is 19.3. The number of hydrogen-bond acceptors (Lipinski definition) is 5. The minimum Gasteiger partial charge on any atom is -0.368 e. The summed E-state index contributed by atoms with van der Waals surface area (Å²) in [7, 11) is 0. The van der Waals surface area contributed by atoms with E-state index in [2.05, 4.69) is 33.0 Å². The van der Waals surface area contributed by atoms with Crippen LogP contribution in [-0.4, -0.2) is 41.0 Å². The number of fused-ring (bicyclic) bond motifs is 1. The van der Waals surface area contributed by atoms with Crippen LogP contribution in [0.1, 0.15) is 5.82 Å². The third-order valence-corrected chi connectivity index (χ3v) is 6.85. The summed E-state index contributed by atoms with van der Waals surface area (Å²) in [5.74, 6) is 0.722. The molecular formula is C23H21ClN4OS. The minimum atomic E-state index is -0.0665. The molecule has 0 spiro atoms. The van der Waals surface area contributed by atoms with Gasteiger partial charge in [-0.1, -0.05) is 54.1 Å². The van der Waals surface area contributed by atoms with Crippen molar-refractivity contribution in [1.82, 2.24) is 14.9 Å². The summed E-state index contributed by atoms with van der Waals surface area (Å²) >= 11 is 7.91. The van der Waals surface area contributed by atoms with Crippen molar-refractivity contribution in [3.05, 3.63) is 81.9 Å². The number of piperazine rings is 1. The molecule has 1 saturated heterocycles. The van der Waals surface area contributed by atoms with Gasteiger partial charge in [-0.3, -0.25) is 9.69 Å². The molecule has 30 heavy (non-hydrogen) atoms. The Morgan fingerprint density at radius 2 is 1.73 bits per heavy atom. The largest absolute Gasteiger partial charge is 0.368 e. The van der Waals surface area contributed by atoms with Crippen LogP contribution in [0, 0.1) is 0 Å². The summed E-state index contributed by atoms with van der Waals surface area (Å²) in [4.78, 5) is 26.9. The highest BCUT2D eigenvalue weighted by Crippen LogP contribution is 2.31. The smallest absolute Gasteiger partial charge is 0.259 e. The van der Waals surface area contributed by atoms with E-state index in [1.165, 1.54) is 0 Å². The number of hydrogen-bond donors (Lipinski definition) is 1. The number of H-pyrrole nitrogens is 1. The van der Waals surface area contributed by atoms with E-state index in [-0.39, 0.29) is 5.56 Å². The molecule has 0 saturated carbocycles. The molecule has 0 bridgehead atoms. The molecule has 1 aliphatic heterocycles. The lowest BCUT2D eigenvalue weighted by Crippen LogP contribution is -2.46. The number of thiophene rings is 1. The van der Waals surface area contributed by atoms with E-state index in [0.29, 0.717) is 11.9 Å². The summed E-state index contributed by atoms with van der Waals surface area (Å²) < 4.78 is 0. The Morgan fingerprint density at radius 3 is 2.50 bits per heavy atom. The average Bonchev–Trinajstić information content (AvgIpc) is 3.20. The lowest BCUT2D eigenvalue weighted by Gasteiger charge is -2.36. The number of benzene rings is 2. The van der Waals surface area contributed by atoms with E-state index >= 15 is 0 Å². The summed E-state index contributed by atoms with van der Waals surface area (Å²) in [6.45, 7) is 4.22. The molecule has 0 unspecified atom stereocenters. The van der Waals surface area contributed by atoms with Gasteiger partial charge >= 0.3 is 0 Å². The number of halogens is 1. The molecular weight excluding hydrogens is 416 g/mol. The third-order valence-electron chi connectivity index (χ3n) is 5.45. The second-order valence-corrected chi connectivity index (χ2v) is 8.86. The van der Waals surface area contributed by atoms with Crippen molar-refractivity contribution in [3.8, 4) is 10.4 Å². The molecule has 1 fully saturated rings. The van der Waals surface area contributed by atoms with E-state index in [9.17, 15) is 4.79 Å². The van der Waals surface area contributed by atoms with Crippen molar-refractivity contribution < 1.29 is 0 Å². The molecule has 1 aliphatic rings. The van der Waals surface area contributed by atoms with Crippen LogP contribution in [0.15, 0.2) is 65.5 Å². The van der Waals surface area contributed by atoms with E-state index in [4.69, 9.17) is 16.6 Å². The Morgan fingerprint density at radius 1 is 1.00 bits per heavy atom. The van der Waals surface area contributed by atoms with Gasteiger partial charge in [0.2, 0.25) is 0 Å². The molecule has 1 N–H and O–H groups in total. The van der Waals surface area contributed by atoms with Crippen LogP contribution < -0.4 is 10.5 Å². The summed E-state index contributed by atoms with van der Waals surface area (Å²) in [5.41, 5.74) is 2.12. The quantitative estimate of drug-likeness (QED) is 0.507. The molecule has 0 aliphatic carbocycles. The molecule has 5 nitrogen and oxygen atoms in total. The van der Waals surface area contributed by atoms with Crippen LogP contribution in [0.25, 0.3) is 20.7 Å². The van der Waals surface area contributed by atoms with Gasteiger partial charge in [0, 0.05) is 31.1 Å². The fourth-order valence-corrected chi connectivity index (χ4v) is 5.17. The summed E-state index contributed by atoms with van der Waals surface area (Å²) in [5, 5.41) is 1.44. The highest BCUT2D eigenvalue weighted by atomic mass is 35.5. The van der Waals surface area contributed by atoms with Crippen LogP contribution in [0.2, 0.25) is 5.02 Å². The van der Waals surface area contributed by atoms with E-state index in [1.807, 2.05) is 42.5 Å². The van der Waals surface area contributed by atoms with Crippen LogP contribution in [0.4, 0.5) is 5.69 Å². The van der Waals surface area contributed by atoms with Gasteiger partial charge in [-0.15, -0.1) is 11.3 Å². The minimum absolute atomic E-state index is 0.0665. The van der Waals surface area contributed by atoms with Crippen molar-refractivity contribution in [2.45, 2.75) is 6.54 Å². The Bertz CT molecular complexity index is 1230. The van der Waals surface area contributed by atoms with Gasteiger partial charge < -0.3 is 9.88 Å². The van der Waals surface area contributed by atoms with Crippen LogP contribution in [-0.2, 0) is 6.54 Å². The Balaban J connectivity index is 1.31. The van der Waals surface area contributed by atoms with Crippen LogP contribution in [0.3, 0.4) is 0 Å². The lowest BCUT2D eigenvalue weighted by molar-refractivity contribution is 0.244. The Hall–Kier alpha value is -2.67. The Labute approximate surface area is 183 Å². The molecule has 2 aromatic heterocycles. The molecule has 7 heteroatoms. The van der Waals surface area contributed by atoms with E-state index < -0.39 is 0 Å². The van der Waals surface area contributed by atoms with Gasteiger partial charge in [-0.05, 0) is 23.8 Å². The van der Waals surface area contributed by atoms with Crippen LogP contribution in [0.5, 0.6) is 0 Å². The summed E-state index contributed by atoms with van der Waals surface area (Å²) in [6, 6.07) is 20.0. The number of aromatic amines is 1. The Kier molecular flexibility index (Phi) is 5.29. The molecule has 3 heterocycles. The number of aromatic nitrogens is 2. The fourth-order valence-electron chi connectivity index (χ4n) is 3.86. The first-order chi connectivity index (χ1) is 14.7. The van der Waals surface area contributed by atoms with Crippen LogP contribution >= 0.6 is 22.9 Å². The molecule has 152 valence electrons. The molecule has 0 atom stereocenters. The number of rotatable bonds is 4. The van der Waals surface area contributed by atoms with Gasteiger partial charge in [0.15, 0.2) is 0 Å². The highest BCUT2D eigenvalue weighted by Gasteiger charge is 2.20. The van der Waals surface area contributed by atoms with Gasteiger partial charge in [0.25, 0.3) is 5.56 Å². The average molecular weight is 437 g/mol. The molecule has 0 radical (unpaired) electrons. The van der Waals surface area contributed by atoms with E-state index in [1.54, 1.807) is 11.3 Å². The van der Waals surface area contributed by atoms with Crippen molar-refractivity contribution in [1.29, 1.82) is 0 Å². The predicted octanol–water partition coefficient (Wildman–Crippen LogP) is 4.63. The lowest BCUT2D eigenvalue weighted by atomic mass is 10.2. The number of nitrogens with one attached hydrogen (secondary N) is 1. The fraction of sp³-hybridized carbons (Fsp3) is 0.217. The topological polar surface area (TPSA) is 52.2 Å². The molecule has 4 aromatic rings. The SMILES string of the molecule is O=c1[nH]c(CN2CCN(c3ccccc3Cl)CC2)nc2sc(-c3ccccc3)cc12. The van der Waals surface area contributed by atoms with Crippen molar-refractivity contribution in [3.63, 3.8) is 0 Å². The first-order valence-electron chi connectivity index (χ1n) is 9.97. The molecule has 0 amide bonds. The summed E-state index contributed by atoms with van der Waals surface area (Å²) in [6.07, 6.45) is 0. The zero-order valence-electron chi connectivity index (χ0n) is 16.3.